The molecule has 0 unspecified atom stereocenters. The molecule has 2 heterocycles. The molecule has 25 heavy (non-hydrogen) atoms. The maximum absolute atomic E-state index is 12.6. The molecule has 1 atom stereocenters. The predicted octanol–water partition coefficient (Wildman–Crippen LogP) is 4.29. The molecule has 1 aliphatic heterocycles. The van der Waals surface area contributed by atoms with Gasteiger partial charge in [0.2, 0.25) is 5.91 Å². The molecule has 2 aromatic rings. The molecule has 1 aromatic heterocycles. The zero-order chi connectivity index (χ0) is 17.9. The molecule has 1 aromatic carbocycles. The molecule has 0 bridgehead atoms. The minimum Gasteiger partial charge on any atom is -0.342 e. The van der Waals surface area contributed by atoms with Gasteiger partial charge in [-0.3, -0.25) is 4.79 Å². The van der Waals surface area contributed by atoms with Gasteiger partial charge in [-0.2, -0.15) is 0 Å². The molecular formula is C21H27N3O. The van der Waals surface area contributed by atoms with Crippen molar-refractivity contribution >= 4 is 5.91 Å². The highest BCUT2D eigenvalue weighted by Crippen LogP contribution is 2.29. The number of aromatic nitrogens is 2. The first kappa shape index (κ1) is 17.6. The van der Waals surface area contributed by atoms with Crippen LogP contribution in [0.15, 0.2) is 42.6 Å². The lowest BCUT2D eigenvalue weighted by molar-refractivity contribution is -0.134. The summed E-state index contributed by atoms with van der Waals surface area (Å²) in [4.78, 5) is 23.8. The van der Waals surface area contributed by atoms with Crippen molar-refractivity contribution in [3.8, 4) is 11.4 Å². The number of carbonyl (C=O) groups is 1. The Hall–Kier alpha value is -2.23. The third kappa shape index (κ3) is 4.65. The van der Waals surface area contributed by atoms with E-state index in [1.165, 1.54) is 0 Å². The maximum Gasteiger partial charge on any atom is 0.223 e. The molecule has 1 amide bonds. The van der Waals surface area contributed by atoms with Gasteiger partial charge in [0.1, 0.15) is 0 Å². The number of hydrogen-bond donors (Lipinski definition) is 0. The van der Waals surface area contributed by atoms with E-state index >= 15 is 0 Å². The normalized spacial score (nSPS) is 18.2. The van der Waals surface area contributed by atoms with Gasteiger partial charge in [0, 0.05) is 42.9 Å². The number of amides is 1. The minimum atomic E-state index is 0.0272. The summed E-state index contributed by atoms with van der Waals surface area (Å²) in [6.07, 6.45) is 4.54. The van der Waals surface area contributed by atoms with E-state index < -0.39 is 0 Å². The first-order chi connectivity index (χ1) is 11.9. The van der Waals surface area contributed by atoms with Gasteiger partial charge < -0.3 is 4.90 Å². The average Bonchev–Trinajstić information content (AvgIpc) is 2.61. The second-order valence-electron chi connectivity index (χ2n) is 8.09. The number of likely N-dealkylation sites (tertiary alicyclic amines) is 1. The molecule has 0 radical (unpaired) electrons. The van der Waals surface area contributed by atoms with Gasteiger partial charge in [0.25, 0.3) is 0 Å². The van der Waals surface area contributed by atoms with E-state index in [9.17, 15) is 4.79 Å². The van der Waals surface area contributed by atoms with E-state index in [2.05, 4.69) is 25.8 Å². The average molecular weight is 337 g/mol. The number of piperidine rings is 1. The van der Waals surface area contributed by atoms with Crippen molar-refractivity contribution in [2.24, 2.45) is 5.41 Å². The van der Waals surface area contributed by atoms with Crippen molar-refractivity contribution < 1.29 is 4.79 Å². The molecule has 0 aliphatic carbocycles. The lowest BCUT2D eigenvalue weighted by atomic mass is 9.89. The first-order valence-electron chi connectivity index (χ1n) is 9.08. The fourth-order valence-electron chi connectivity index (χ4n) is 3.34. The molecule has 1 aliphatic rings. The highest BCUT2D eigenvalue weighted by molar-refractivity contribution is 5.77. The fraction of sp³-hybridized carbons (Fsp3) is 0.476. The van der Waals surface area contributed by atoms with Crippen LogP contribution < -0.4 is 0 Å². The summed E-state index contributed by atoms with van der Waals surface area (Å²) in [7, 11) is 0. The first-order valence-corrected chi connectivity index (χ1v) is 9.08. The van der Waals surface area contributed by atoms with E-state index in [1.54, 1.807) is 0 Å². The fourth-order valence-corrected chi connectivity index (χ4v) is 3.34. The molecule has 4 nitrogen and oxygen atoms in total. The van der Waals surface area contributed by atoms with Crippen LogP contribution >= 0.6 is 0 Å². The van der Waals surface area contributed by atoms with Gasteiger partial charge in [0.15, 0.2) is 5.82 Å². The predicted molar refractivity (Wildman–Crippen MR) is 100 cm³/mol. The number of benzene rings is 1. The summed E-state index contributed by atoms with van der Waals surface area (Å²) < 4.78 is 0. The lowest BCUT2D eigenvalue weighted by Gasteiger charge is -2.34. The van der Waals surface area contributed by atoms with E-state index in [1.807, 2.05) is 47.5 Å². The third-order valence-electron chi connectivity index (χ3n) is 4.58. The largest absolute Gasteiger partial charge is 0.342 e. The van der Waals surface area contributed by atoms with Crippen molar-refractivity contribution in [1.82, 2.24) is 14.9 Å². The van der Waals surface area contributed by atoms with Crippen LogP contribution in [0.1, 0.15) is 51.6 Å². The zero-order valence-electron chi connectivity index (χ0n) is 15.4. The van der Waals surface area contributed by atoms with Crippen LogP contribution in [-0.4, -0.2) is 33.9 Å². The van der Waals surface area contributed by atoms with Crippen molar-refractivity contribution in [1.29, 1.82) is 0 Å². The van der Waals surface area contributed by atoms with Crippen molar-refractivity contribution in [2.45, 2.75) is 46.0 Å². The van der Waals surface area contributed by atoms with Crippen LogP contribution in [-0.2, 0) is 4.79 Å². The second-order valence-corrected chi connectivity index (χ2v) is 8.09. The van der Waals surface area contributed by atoms with Crippen LogP contribution in [0.2, 0.25) is 0 Å². The number of rotatable bonds is 3. The third-order valence-corrected chi connectivity index (χ3v) is 4.58. The Kier molecular flexibility index (Phi) is 5.16. The SMILES string of the molecule is CC(C)(C)CC(=O)N1CCC[C@@H](c2ccnc(-c3ccccc3)n2)C1. The second kappa shape index (κ2) is 7.34. The Morgan fingerprint density at radius 3 is 2.68 bits per heavy atom. The van der Waals surface area contributed by atoms with Crippen LogP contribution in [0, 0.1) is 5.41 Å². The molecule has 1 fully saturated rings. The van der Waals surface area contributed by atoms with E-state index in [-0.39, 0.29) is 11.3 Å². The molecule has 0 saturated carbocycles. The molecule has 0 spiro atoms. The van der Waals surface area contributed by atoms with Gasteiger partial charge in [-0.15, -0.1) is 0 Å². The maximum atomic E-state index is 12.6. The molecule has 1 saturated heterocycles. The summed E-state index contributed by atoms with van der Waals surface area (Å²) in [5.74, 6) is 1.31. The van der Waals surface area contributed by atoms with Gasteiger partial charge in [0.05, 0.1) is 0 Å². The zero-order valence-corrected chi connectivity index (χ0v) is 15.4. The number of carbonyl (C=O) groups excluding carboxylic acids is 1. The minimum absolute atomic E-state index is 0.0272. The lowest BCUT2D eigenvalue weighted by Crippen LogP contribution is -2.40. The Labute approximate surface area is 150 Å². The number of hydrogen-bond acceptors (Lipinski definition) is 3. The molecule has 0 N–H and O–H groups in total. The highest BCUT2D eigenvalue weighted by atomic mass is 16.2. The summed E-state index contributed by atoms with van der Waals surface area (Å²) in [6, 6.07) is 12.0. The van der Waals surface area contributed by atoms with Crippen molar-refractivity contribution in [2.75, 3.05) is 13.1 Å². The summed E-state index contributed by atoms with van der Waals surface area (Å²) in [5, 5.41) is 0. The van der Waals surface area contributed by atoms with Crippen LogP contribution in [0.3, 0.4) is 0 Å². The van der Waals surface area contributed by atoms with Crippen LogP contribution in [0.25, 0.3) is 11.4 Å². The van der Waals surface area contributed by atoms with E-state index in [4.69, 9.17) is 4.98 Å². The number of nitrogens with zero attached hydrogens (tertiary/aromatic N) is 3. The van der Waals surface area contributed by atoms with Gasteiger partial charge >= 0.3 is 0 Å². The Morgan fingerprint density at radius 1 is 1.20 bits per heavy atom. The summed E-state index contributed by atoms with van der Waals surface area (Å²) >= 11 is 0. The van der Waals surface area contributed by atoms with Crippen molar-refractivity contribution in [3.63, 3.8) is 0 Å². The highest BCUT2D eigenvalue weighted by Gasteiger charge is 2.28. The molecule has 4 heteroatoms. The van der Waals surface area contributed by atoms with Crippen molar-refractivity contribution in [3.05, 3.63) is 48.3 Å². The van der Waals surface area contributed by atoms with E-state index in [0.717, 1.165) is 43.0 Å². The topological polar surface area (TPSA) is 46.1 Å². The Balaban J connectivity index is 1.75. The van der Waals surface area contributed by atoms with E-state index in [0.29, 0.717) is 12.3 Å². The molecule has 132 valence electrons. The standard InChI is InChI=1S/C21H27N3O/c1-21(2,3)14-19(25)24-13-7-10-17(15-24)18-11-12-22-20(23-18)16-8-5-4-6-9-16/h4-6,8-9,11-12,17H,7,10,13-15H2,1-3H3/t17-/m1/s1. The summed E-state index contributed by atoms with van der Waals surface area (Å²) in [5.41, 5.74) is 2.10. The molecular weight excluding hydrogens is 310 g/mol. The van der Waals surface area contributed by atoms with Crippen LogP contribution in [0.5, 0.6) is 0 Å². The van der Waals surface area contributed by atoms with Crippen LogP contribution in [0.4, 0.5) is 0 Å². The summed E-state index contributed by atoms with van der Waals surface area (Å²) in [6.45, 7) is 7.97. The monoisotopic (exact) mass is 337 g/mol. The van der Waals surface area contributed by atoms with Gasteiger partial charge in [-0.25, -0.2) is 9.97 Å². The van der Waals surface area contributed by atoms with Gasteiger partial charge in [-0.1, -0.05) is 51.1 Å². The Morgan fingerprint density at radius 2 is 1.96 bits per heavy atom. The molecule has 3 rings (SSSR count). The smallest absolute Gasteiger partial charge is 0.223 e. The van der Waals surface area contributed by atoms with Gasteiger partial charge in [-0.05, 0) is 24.3 Å². The Bertz CT molecular complexity index is 721. The quantitative estimate of drug-likeness (QED) is 0.839.